The van der Waals surface area contributed by atoms with Crippen LogP contribution in [0.3, 0.4) is 0 Å². The van der Waals surface area contributed by atoms with E-state index in [-0.39, 0.29) is 5.82 Å². The molecule has 0 atom stereocenters. The van der Waals surface area contributed by atoms with Crippen LogP contribution in [0.25, 0.3) is 0 Å². The number of nitrogens with zero attached hydrogens (tertiary/aromatic N) is 1. The van der Waals surface area contributed by atoms with Crippen LogP contribution in [0.1, 0.15) is 22.3 Å². The van der Waals surface area contributed by atoms with Gasteiger partial charge in [0, 0.05) is 13.1 Å². The molecule has 18 heavy (non-hydrogen) atoms. The first-order chi connectivity index (χ1) is 8.70. The standard InChI is InChI=1S/C14H13FN2S/c1-10-8-18-9-13(10)7-17-6-12-4-14(15)3-2-11(12)5-16/h2-4,8-9,17H,6-7H2,1H3. The van der Waals surface area contributed by atoms with Gasteiger partial charge in [0.25, 0.3) is 0 Å². The predicted molar refractivity (Wildman–Crippen MR) is 70.7 cm³/mol. The number of halogens is 1. The number of hydrogen-bond donors (Lipinski definition) is 1. The Morgan fingerprint density at radius 3 is 2.72 bits per heavy atom. The van der Waals surface area contributed by atoms with Crippen molar-refractivity contribution in [2.75, 3.05) is 0 Å². The molecule has 1 aromatic carbocycles. The first-order valence-electron chi connectivity index (χ1n) is 5.61. The van der Waals surface area contributed by atoms with E-state index in [1.807, 2.05) is 0 Å². The van der Waals surface area contributed by atoms with Gasteiger partial charge in [0.1, 0.15) is 5.82 Å². The maximum atomic E-state index is 13.1. The average Bonchev–Trinajstić information content (AvgIpc) is 2.76. The van der Waals surface area contributed by atoms with Crippen LogP contribution < -0.4 is 5.32 Å². The molecule has 2 rings (SSSR count). The van der Waals surface area contributed by atoms with Gasteiger partial charge >= 0.3 is 0 Å². The molecule has 0 saturated carbocycles. The van der Waals surface area contributed by atoms with E-state index < -0.39 is 0 Å². The van der Waals surface area contributed by atoms with Gasteiger partial charge in [-0.15, -0.1) is 0 Å². The Labute approximate surface area is 110 Å². The molecule has 1 heterocycles. The molecule has 0 unspecified atom stereocenters. The summed E-state index contributed by atoms with van der Waals surface area (Å²) < 4.78 is 13.1. The van der Waals surface area contributed by atoms with E-state index in [4.69, 9.17) is 5.26 Å². The van der Waals surface area contributed by atoms with Gasteiger partial charge in [0.05, 0.1) is 11.6 Å². The van der Waals surface area contributed by atoms with E-state index in [9.17, 15) is 4.39 Å². The summed E-state index contributed by atoms with van der Waals surface area (Å²) in [5, 5.41) is 16.4. The molecule has 0 aliphatic heterocycles. The monoisotopic (exact) mass is 260 g/mol. The van der Waals surface area contributed by atoms with Gasteiger partial charge in [0.2, 0.25) is 0 Å². The highest BCUT2D eigenvalue weighted by Crippen LogP contribution is 2.14. The van der Waals surface area contributed by atoms with E-state index in [0.29, 0.717) is 17.7 Å². The average molecular weight is 260 g/mol. The molecule has 0 amide bonds. The van der Waals surface area contributed by atoms with E-state index in [1.165, 1.54) is 29.3 Å². The lowest BCUT2D eigenvalue weighted by atomic mass is 10.1. The fraction of sp³-hybridized carbons (Fsp3) is 0.214. The zero-order valence-corrected chi connectivity index (χ0v) is 10.9. The number of benzene rings is 1. The molecule has 0 saturated heterocycles. The normalized spacial score (nSPS) is 10.3. The molecule has 92 valence electrons. The van der Waals surface area contributed by atoms with E-state index in [2.05, 4.69) is 29.1 Å². The zero-order valence-electron chi connectivity index (χ0n) is 10.0. The Morgan fingerprint density at radius 1 is 1.28 bits per heavy atom. The van der Waals surface area contributed by atoms with Gasteiger partial charge in [0.15, 0.2) is 0 Å². The molecule has 4 heteroatoms. The van der Waals surface area contributed by atoms with Gasteiger partial charge in [-0.25, -0.2) is 4.39 Å². The van der Waals surface area contributed by atoms with Crippen molar-refractivity contribution in [3.05, 3.63) is 57.0 Å². The summed E-state index contributed by atoms with van der Waals surface area (Å²) in [7, 11) is 0. The molecule has 1 N–H and O–H groups in total. The summed E-state index contributed by atoms with van der Waals surface area (Å²) in [5.74, 6) is -0.308. The lowest BCUT2D eigenvalue weighted by Crippen LogP contribution is -2.14. The third kappa shape index (κ3) is 2.95. The largest absolute Gasteiger partial charge is 0.309 e. The van der Waals surface area contributed by atoms with Gasteiger partial charge in [-0.05, 0) is 52.6 Å². The molecule has 2 aromatic rings. The summed E-state index contributed by atoms with van der Waals surface area (Å²) in [5.41, 5.74) is 3.72. The number of hydrogen-bond acceptors (Lipinski definition) is 3. The lowest BCUT2D eigenvalue weighted by Gasteiger charge is -2.06. The molecular formula is C14H13FN2S. The minimum absolute atomic E-state index is 0.308. The smallest absolute Gasteiger partial charge is 0.123 e. The Kier molecular flexibility index (Phi) is 4.08. The number of thiophene rings is 1. The second kappa shape index (κ2) is 5.76. The van der Waals surface area contributed by atoms with Gasteiger partial charge < -0.3 is 5.32 Å². The van der Waals surface area contributed by atoms with Crippen LogP contribution in [0, 0.1) is 24.1 Å². The second-order valence-electron chi connectivity index (χ2n) is 4.10. The third-order valence-electron chi connectivity index (χ3n) is 2.78. The second-order valence-corrected chi connectivity index (χ2v) is 4.84. The fourth-order valence-corrected chi connectivity index (χ4v) is 2.57. The van der Waals surface area contributed by atoms with Crippen molar-refractivity contribution in [1.82, 2.24) is 5.32 Å². The molecule has 0 spiro atoms. The van der Waals surface area contributed by atoms with Gasteiger partial charge in [-0.3, -0.25) is 0 Å². The predicted octanol–water partition coefficient (Wildman–Crippen LogP) is 3.36. The summed E-state index contributed by atoms with van der Waals surface area (Å²) in [4.78, 5) is 0. The van der Waals surface area contributed by atoms with Crippen molar-refractivity contribution in [3.63, 3.8) is 0 Å². The van der Waals surface area contributed by atoms with Crippen LogP contribution in [0.4, 0.5) is 4.39 Å². The quantitative estimate of drug-likeness (QED) is 0.915. The Hall–Kier alpha value is -1.70. The Balaban J connectivity index is 2.00. The molecule has 0 radical (unpaired) electrons. The first kappa shape index (κ1) is 12.7. The Bertz CT molecular complexity index is 584. The number of nitriles is 1. The van der Waals surface area contributed by atoms with Crippen LogP contribution >= 0.6 is 11.3 Å². The minimum Gasteiger partial charge on any atom is -0.309 e. The van der Waals surface area contributed by atoms with Crippen molar-refractivity contribution in [2.24, 2.45) is 0 Å². The maximum absolute atomic E-state index is 13.1. The topological polar surface area (TPSA) is 35.8 Å². The molecule has 0 aliphatic rings. The summed E-state index contributed by atoms with van der Waals surface area (Å²) in [6.07, 6.45) is 0. The zero-order chi connectivity index (χ0) is 13.0. The van der Waals surface area contributed by atoms with Gasteiger partial charge in [-0.2, -0.15) is 16.6 Å². The minimum atomic E-state index is -0.308. The summed E-state index contributed by atoms with van der Waals surface area (Å²) >= 11 is 1.67. The maximum Gasteiger partial charge on any atom is 0.123 e. The summed E-state index contributed by atoms with van der Waals surface area (Å²) in [6, 6.07) is 6.31. The van der Waals surface area contributed by atoms with Crippen LogP contribution in [0.5, 0.6) is 0 Å². The van der Waals surface area contributed by atoms with Crippen molar-refractivity contribution in [2.45, 2.75) is 20.0 Å². The summed E-state index contributed by atoms with van der Waals surface area (Å²) in [6.45, 7) is 3.29. The molecular weight excluding hydrogens is 247 g/mol. The van der Waals surface area contributed by atoms with Crippen LogP contribution in [-0.4, -0.2) is 0 Å². The van der Waals surface area contributed by atoms with Crippen LogP contribution in [0.15, 0.2) is 29.0 Å². The number of nitrogens with one attached hydrogen (secondary N) is 1. The Morgan fingerprint density at radius 2 is 2.06 bits per heavy atom. The first-order valence-corrected chi connectivity index (χ1v) is 6.56. The molecule has 1 aromatic heterocycles. The molecule has 2 nitrogen and oxygen atoms in total. The van der Waals surface area contributed by atoms with Crippen LogP contribution in [0.2, 0.25) is 0 Å². The number of aryl methyl sites for hydroxylation is 1. The highest BCUT2D eigenvalue weighted by atomic mass is 32.1. The van der Waals surface area contributed by atoms with Crippen molar-refractivity contribution in [1.29, 1.82) is 5.26 Å². The van der Waals surface area contributed by atoms with Crippen molar-refractivity contribution < 1.29 is 4.39 Å². The van der Waals surface area contributed by atoms with E-state index >= 15 is 0 Å². The third-order valence-corrected chi connectivity index (χ3v) is 3.69. The van der Waals surface area contributed by atoms with Gasteiger partial charge in [-0.1, -0.05) is 0 Å². The highest BCUT2D eigenvalue weighted by Gasteiger charge is 2.04. The number of rotatable bonds is 4. The van der Waals surface area contributed by atoms with E-state index in [1.54, 1.807) is 11.3 Å². The molecule has 0 fully saturated rings. The fourth-order valence-electron chi connectivity index (χ4n) is 1.72. The molecule has 0 bridgehead atoms. The van der Waals surface area contributed by atoms with Crippen LogP contribution in [-0.2, 0) is 13.1 Å². The van der Waals surface area contributed by atoms with E-state index in [0.717, 1.165) is 6.54 Å². The molecule has 0 aliphatic carbocycles. The SMILES string of the molecule is Cc1cscc1CNCc1cc(F)ccc1C#N. The van der Waals surface area contributed by atoms with Crippen molar-refractivity contribution in [3.8, 4) is 6.07 Å². The van der Waals surface area contributed by atoms with Crippen molar-refractivity contribution >= 4 is 11.3 Å². The lowest BCUT2D eigenvalue weighted by molar-refractivity contribution is 0.619. The highest BCUT2D eigenvalue weighted by molar-refractivity contribution is 7.08.